The normalized spacial score (nSPS) is 13.8. The molecule has 41 heavy (non-hydrogen) atoms. The van der Waals surface area contributed by atoms with E-state index >= 15 is 0 Å². The van der Waals surface area contributed by atoms with E-state index in [9.17, 15) is 18.0 Å². The van der Waals surface area contributed by atoms with Gasteiger partial charge in [0, 0.05) is 12.3 Å². The van der Waals surface area contributed by atoms with E-state index in [4.69, 9.17) is 15.2 Å². The zero-order valence-electron chi connectivity index (χ0n) is 24.1. The van der Waals surface area contributed by atoms with Gasteiger partial charge >= 0.3 is 22.1 Å². The summed E-state index contributed by atoms with van der Waals surface area (Å²) >= 11 is 0. The summed E-state index contributed by atoms with van der Waals surface area (Å²) < 4.78 is 39.5. The van der Waals surface area contributed by atoms with Crippen molar-refractivity contribution in [3.05, 3.63) is 102 Å². The van der Waals surface area contributed by atoms with Gasteiger partial charge in [0.1, 0.15) is 24.7 Å². The summed E-state index contributed by atoms with van der Waals surface area (Å²) in [5.41, 5.74) is 8.05. The number of ether oxygens (including phenoxy) is 2. The molecule has 2 N–H and O–H groups in total. The predicted octanol–water partition coefficient (Wildman–Crippen LogP) is 5.73. The molecule has 0 aromatic heterocycles. The van der Waals surface area contributed by atoms with Gasteiger partial charge in [0.15, 0.2) is 0 Å². The Morgan fingerprint density at radius 2 is 1.34 bits per heavy atom. The summed E-state index contributed by atoms with van der Waals surface area (Å²) in [5, 5.41) is 0. The molecule has 1 unspecified atom stereocenters. The maximum Gasteiger partial charge on any atom is 0.533 e. The van der Waals surface area contributed by atoms with Crippen molar-refractivity contribution < 1.29 is 31.4 Å². The summed E-state index contributed by atoms with van der Waals surface area (Å²) in [6, 6.07) is 23.0. The van der Waals surface area contributed by atoms with Crippen LogP contribution in [0.15, 0.2) is 89.8 Å². The van der Waals surface area contributed by atoms with Gasteiger partial charge in [0.25, 0.3) is 0 Å². The molecule has 3 aromatic rings. The fourth-order valence-electron chi connectivity index (χ4n) is 4.77. The van der Waals surface area contributed by atoms with Crippen LogP contribution in [0.1, 0.15) is 49.8 Å². The molecule has 1 amide bonds. The van der Waals surface area contributed by atoms with Gasteiger partial charge in [0.2, 0.25) is 6.04 Å². The van der Waals surface area contributed by atoms with Gasteiger partial charge < -0.3 is 15.2 Å². The lowest BCUT2D eigenvalue weighted by Gasteiger charge is -2.39. The zero-order valence-corrected chi connectivity index (χ0v) is 24.9. The molecule has 8 nitrogen and oxygen atoms in total. The molecule has 0 heterocycles. The van der Waals surface area contributed by atoms with Crippen molar-refractivity contribution in [1.29, 1.82) is 0 Å². The topological polar surface area (TPSA) is 113 Å². The minimum Gasteiger partial charge on any atom is -0.456 e. The van der Waals surface area contributed by atoms with E-state index in [1.807, 2.05) is 57.2 Å². The zero-order chi connectivity index (χ0) is 29.9. The van der Waals surface area contributed by atoms with Crippen LogP contribution >= 0.6 is 0 Å². The molecule has 3 rings (SSSR count). The molecule has 0 saturated carbocycles. The van der Waals surface area contributed by atoms with Gasteiger partial charge in [-0.2, -0.15) is 13.2 Å². The smallest absolute Gasteiger partial charge is 0.456 e. The second-order valence-electron chi connectivity index (χ2n) is 10.6. The highest BCUT2D eigenvalue weighted by atomic mass is 32.2. The lowest BCUT2D eigenvalue weighted by atomic mass is 10.1. The first kappa shape index (κ1) is 32.0. The third-order valence-electron chi connectivity index (χ3n) is 6.83. The Kier molecular flexibility index (Phi) is 11.6. The van der Waals surface area contributed by atoms with Gasteiger partial charge in [-0.1, -0.05) is 92.2 Å². The van der Waals surface area contributed by atoms with Crippen molar-refractivity contribution >= 4 is 22.1 Å². The molecule has 0 fully saturated rings. The molecule has 220 valence electrons. The van der Waals surface area contributed by atoms with Crippen LogP contribution in [0.5, 0.6) is 0 Å². The Morgan fingerprint density at radius 3 is 1.85 bits per heavy atom. The number of rotatable bonds is 14. The van der Waals surface area contributed by atoms with Crippen LogP contribution < -0.4 is 5.73 Å². The van der Waals surface area contributed by atoms with Crippen molar-refractivity contribution in [2.45, 2.75) is 64.2 Å². The quantitative estimate of drug-likeness (QED) is 0.147. The summed E-state index contributed by atoms with van der Waals surface area (Å²) in [6.45, 7) is 5.45. The van der Waals surface area contributed by atoms with Gasteiger partial charge in [-0.3, -0.25) is 0 Å². The highest BCUT2D eigenvalue weighted by molar-refractivity contribution is 7.86. The van der Waals surface area contributed by atoms with Crippen molar-refractivity contribution in [1.82, 2.24) is 0 Å². The largest absolute Gasteiger partial charge is 0.533 e. The fourth-order valence-corrected chi connectivity index (χ4v) is 6.89. The molecular formula is C32H41N2O6S+. The lowest BCUT2D eigenvalue weighted by Crippen LogP contribution is -2.66. The molecule has 0 bridgehead atoms. The molecule has 9 heteroatoms. The number of carbonyl (C=O) groups excluding carboxylic acids is 2. The Labute approximate surface area is 243 Å². The van der Waals surface area contributed by atoms with E-state index in [-0.39, 0.29) is 37.0 Å². The van der Waals surface area contributed by atoms with Crippen LogP contribution in [0.25, 0.3) is 0 Å². The number of hydrogen-bond donors (Lipinski definition) is 1. The number of esters is 1. The van der Waals surface area contributed by atoms with Crippen LogP contribution in [0, 0.1) is 12.8 Å². The molecular weight excluding hydrogens is 540 g/mol. The number of aryl methyl sites for hydroxylation is 1. The number of sulfonamides is 1. The first-order chi connectivity index (χ1) is 19.6. The number of amides is 1. The van der Waals surface area contributed by atoms with Crippen LogP contribution in [0.3, 0.4) is 0 Å². The van der Waals surface area contributed by atoms with E-state index in [1.54, 1.807) is 36.4 Å². The minimum absolute atomic E-state index is 0.0572. The number of carbonyl (C=O) groups is 2. The fraction of sp³-hybridized carbons (Fsp3) is 0.375. The Balaban J connectivity index is 2.15. The number of nitrogens with zero attached hydrogens (tertiary/aromatic N) is 1. The van der Waals surface area contributed by atoms with Gasteiger partial charge in [-0.25, -0.2) is 4.79 Å². The van der Waals surface area contributed by atoms with E-state index in [0.29, 0.717) is 24.9 Å². The third kappa shape index (κ3) is 8.03. The first-order valence-electron chi connectivity index (χ1n) is 13.9. The molecule has 0 aliphatic carbocycles. The molecule has 0 aliphatic heterocycles. The number of unbranched alkanes of at least 4 members (excludes halogenated alkanes) is 1. The summed E-state index contributed by atoms with van der Waals surface area (Å²) in [7, 11) is -4.51. The van der Waals surface area contributed by atoms with Crippen molar-refractivity contribution in [2.24, 2.45) is 11.7 Å². The highest BCUT2D eigenvalue weighted by Gasteiger charge is 2.60. The van der Waals surface area contributed by atoms with Crippen LogP contribution in [0.2, 0.25) is 0 Å². The average molecular weight is 582 g/mol. The minimum atomic E-state index is -4.51. The van der Waals surface area contributed by atoms with Crippen molar-refractivity contribution in [2.75, 3.05) is 13.1 Å². The second-order valence-corrected chi connectivity index (χ2v) is 12.7. The molecule has 0 radical (unpaired) electrons. The van der Waals surface area contributed by atoms with E-state index < -0.39 is 32.0 Å². The Hall–Kier alpha value is -3.53. The lowest BCUT2D eigenvalue weighted by molar-refractivity contribution is -0.756. The Bertz CT molecular complexity index is 1360. The third-order valence-corrected chi connectivity index (χ3v) is 9.11. The van der Waals surface area contributed by atoms with Gasteiger partial charge in [-0.15, -0.1) is 3.89 Å². The maximum absolute atomic E-state index is 14.6. The monoisotopic (exact) mass is 581 g/mol. The van der Waals surface area contributed by atoms with Crippen molar-refractivity contribution in [3.63, 3.8) is 0 Å². The standard InChI is InChI=1S/C32H41N2O6S/c1-25(2)22-34(32(36)40-24-28-14-8-5-9-15-28,41(37,38)29-19-17-26(3)18-20-29)30(16-10-11-21-33)31(35)39-23-27-12-6-4-7-13-27/h4-9,12-15,17-20,25,30H,10-11,16,21-24,33H2,1-3H3/q+1/t30-,34?/m0/s1. The summed E-state index contributed by atoms with van der Waals surface area (Å²) in [4.78, 5) is 28.1. The maximum atomic E-state index is 14.6. The number of nitrogens with two attached hydrogens (primary N) is 1. The first-order valence-corrected chi connectivity index (χ1v) is 15.4. The van der Waals surface area contributed by atoms with Crippen LogP contribution in [0.4, 0.5) is 4.79 Å². The number of quaternary nitrogens is 1. The predicted molar refractivity (Wildman–Crippen MR) is 158 cm³/mol. The molecule has 0 aliphatic rings. The van der Waals surface area contributed by atoms with E-state index in [2.05, 4.69) is 0 Å². The molecule has 3 aromatic carbocycles. The molecule has 0 spiro atoms. The second kappa shape index (κ2) is 14.9. The van der Waals surface area contributed by atoms with E-state index in [0.717, 1.165) is 11.1 Å². The summed E-state index contributed by atoms with van der Waals surface area (Å²) in [5.74, 6) is -1.07. The van der Waals surface area contributed by atoms with Crippen LogP contribution in [-0.2, 0) is 37.5 Å². The number of benzene rings is 3. The SMILES string of the molecule is Cc1ccc(S(=O)(=O)[N+](CC(C)C)(C(=O)OCc2ccccc2)[C@@H](CCCCN)C(=O)OCc2ccccc2)cc1. The van der Waals surface area contributed by atoms with Crippen molar-refractivity contribution in [3.8, 4) is 0 Å². The Morgan fingerprint density at radius 1 is 0.805 bits per heavy atom. The van der Waals surface area contributed by atoms with Crippen LogP contribution in [-0.4, -0.2) is 43.5 Å². The molecule has 2 atom stereocenters. The average Bonchev–Trinajstić information content (AvgIpc) is 2.97. The molecule has 0 saturated heterocycles. The number of hydrogen-bond acceptors (Lipinski definition) is 7. The highest BCUT2D eigenvalue weighted by Crippen LogP contribution is 2.35. The van der Waals surface area contributed by atoms with Gasteiger partial charge in [0.05, 0.1) is 0 Å². The van der Waals surface area contributed by atoms with E-state index in [1.165, 1.54) is 12.1 Å². The summed E-state index contributed by atoms with van der Waals surface area (Å²) in [6.07, 6.45) is 0.0314. The van der Waals surface area contributed by atoms with Gasteiger partial charge in [-0.05, 0) is 49.6 Å².